The van der Waals surface area contributed by atoms with Crippen molar-refractivity contribution in [2.45, 2.75) is 38.8 Å². The number of hydrogen-bond acceptors (Lipinski definition) is 7. The smallest absolute Gasteiger partial charge is 0.232 e. The van der Waals surface area contributed by atoms with Crippen LogP contribution in [0.1, 0.15) is 32.7 Å². The third-order valence-corrected chi connectivity index (χ3v) is 3.72. The van der Waals surface area contributed by atoms with Gasteiger partial charge >= 0.3 is 0 Å². The quantitative estimate of drug-likeness (QED) is 0.747. The van der Waals surface area contributed by atoms with Crippen molar-refractivity contribution in [1.29, 1.82) is 0 Å². The first-order valence-corrected chi connectivity index (χ1v) is 7.75. The second kappa shape index (κ2) is 5.45. The van der Waals surface area contributed by atoms with Gasteiger partial charge in [-0.25, -0.2) is 15.0 Å². The third-order valence-electron chi connectivity index (χ3n) is 3.72. The van der Waals surface area contributed by atoms with Gasteiger partial charge in [0, 0.05) is 18.3 Å². The lowest BCUT2D eigenvalue weighted by atomic mass is 10.4. The summed E-state index contributed by atoms with van der Waals surface area (Å²) in [5.74, 6) is 1.93. The molecule has 0 amide bonds. The lowest BCUT2D eigenvalue weighted by Gasteiger charge is -2.11. The van der Waals surface area contributed by atoms with Gasteiger partial charge in [-0.2, -0.15) is 9.97 Å². The molecule has 118 valence electrons. The highest BCUT2D eigenvalue weighted by Gasteiger charge is 2.24. The van der Waals surface area contributed by atoms with Crippen molar-refractivity contribution in [3.05, 3.63) is 24.9 Å². The van der Waals surface area contributed by atoms with Crippen LogP contribution in [-0.2, 0) is 0 Å². The molecule has 1 aliphatic carbocycles. The predicted octanol–water partition coefficient (Wildman–Crippen LogP) is 2.52. The zero-order valence-electron chi connectivity index (χ0n) is 13.1. The van der Waals surface area contributed by atoms with E-state index >= 15 is 0 Å². The maximum Gasteiger partial charge on any atom is 0.232 e. The molecule has 0 aliphatic heterocycles. The Kier molecular flexibility index (Phi) is 3.29. The Hall–Kier alpha value is -2.77. The van der Waals surface area contributed by atoms with Gasteiger partial charge < -0.3 is 15.2 Å². The fraction of sp³-hybridized carbons (Fsp3) is 0.400. The minimum absolute atomic E-state index is 0.274. The van der Waals surface area contributed by atoms with E-state index in [1.165, 1.54) is 19.2 Å². The van der Waals surface area contributed by atoms with E-state index in [2.05, 4.69) is 49.4 Å². The molecule has 1 saturated carbocycles. The van der Waals surface area contributed by atoms with Gasteiger partial charge in [0.2, 0.25) is 5.95 Å². The molecule has 0 atom stereocenters. The largest absolute Gasteiger partial charge is 0.365 e. The molecule has 8 heteroatoms. The maximum atomic E-state index is 4.62. The van der Waals surface area contributed by atoms with Crippen molar-refractivity contribution in [2.24, 2.45) is 0 Å². The Bertz CT molecular complexity index is 822. The van der Waals surface area contributed by atoms with E-state index < -0.39 is 0 Å². The summed E-state index contributed by atoms with van der Waals surface area (Å²) in [6.45, 7) is 4.21. The van der Waals surface area contributed by atoms with Crippen LogP contribution in [-0.4, -0.2) is 35.5 Å². The highest BCUT2D eigenvalue weighted by atomic mass is 15.2. The van der Waals surface area contributed by atoms with Gasteiger partial charge in [-0.3, -0.25) is 0 Å². The summed E-state index contributed by atoms with van der Waals surface area (Å²) in [6.07, 6.45) is 7.32. The number of nitrogens with one attached hydrogen (secondary N) is 2. The van der Waals surface area contributed by atoms with E-state index in [0.29, 0.717) is 17.8 Å². The minimum atomic E-state index is 0.274. The molecular weight excluding hydrogens is 292 g/mol. The molecule has 4 rings (SSSR count). The van der Waals surface area contributed by atoms with Crippen LogP contribution in [0.4, 0.5) is 17.6 Å². The predicted molar refractivity (Wildman–Crippen MR) is 87.7 cm³/mol. The minimum Gasteiger partial charge on any atom is -0.365 e. The fourth-order valence-electron chi connectivity index (χ4n) is 2.35. The highest BCUT2D eigenvalue weighted by Crippen LogP contribution is 2.29. The van der Waals surface area contributed by atoms with E-state index in [-0.39, 0.29) is 6.04 Å². The average Bonchev–Trinajstić information content (AvgIpc) is 3.24. The van der Waals surface area contributed by atoms with Crippen molar-refractivity contribution in [1.82, 2.24) is 29.5 Å². The molecule has 0 unspecified atom stereocenters. The number of anilines is 3. The molecule has 0 saturated heterocycles. The molecule has 0 bridgehead atoms. The molecule has 2 N–H and O–H groups in total. The Morgan fingerprint density at radius 3 is 2.78 bits per heavy atom. The Balaban J connectivity index is 1.78. The average molecular weight is 310 g/mol. The number of nitrogens with zero attached hydrogens (tertiary/aromatic N) is 6. The van der Waals surface area contributed by atoms with Gasteiger partial charge in [-0.1, -0.05) is 0 Å². The number of aromatic nitrogens is 6. The highest BCUT2D eigenvalue weighted by molar-refractivity contribution is 5.85. The second-order valence-electron chi connectivity index (χ2n) is 5.95. The Labute approximate surface area is 133 Å². The van der Waals surface area contributed by atoms with Gasteiger partial charge in [0.15, 0.2) is 17.0 Å². The van der Waals surface area contributed by atoms with Gasteiger partial charge in [0.25, 0.3) is 0 Å². The van der Waals surface area contributed by atoms with E-state index in [9.17, 15) is 0 Å². The molecule has 8 nitrogen and oxygen atoms in total. The lowest BCUT2D eigenvalue weighted by Crippen LogP contribution is -2.09. The van der Waals surface area contributed by atoms with Crippen LogP contribution in [0.15, 0.2) is 24.9 Å². The summed E-state index contributed by atoms with van der Waals surface area (Å²) < 4.78 is 2.04. The molecule has 3 heterocycles. The summed E-state index contributed by atoms with van der Waals surface area (Å²) in [5, 5.41) is 6.57. The summed E-state index contributed by atoms with van der Waals surface area (Å²) in [6, 6.07) is 2.54. The van der Waals surface area contributed by atoms with Crippen molar-refractivity contribution < 1.29 is 0 Å². The monoisotopic (exact) mass is 310 g/mol. The fourth-order valence-corrected chi connectivity index (χ4v) is 2.35. The number of fused-ring (bicyclic) bond motifs is 1. The van der Waals surface area contributed by atoms with Crippen LogP contribution < -0.4 is 10.6 Å². The molecule has 23 heavy (non-hydrogen) atoms. The van der Waals surface area contributed by atoms with Gasteiger partial charge in [-0.05, 0) is 32.8 Å². The molecule has 3 aromatic rings. The van der Waals surface area contributed by atoms with E-state index in [4.69, 9.17) is 0 Å². The third kappa shape index (κ3) is 2.79. The molecule has 0 spiro atoms. The van der Waals surface area contributed by atoms with Crippen LogP contribution in [0.2, 0.25) is 0 Å². The second-order valence-corrected chi connectivity index (χ2v) is 5.95. The lowest BCUT2D eigenvalue weighted by molar-refractivity contribution is 0.613. The summed E-state index contributed by atoms with van der Waals surface area (Å²) in [5.41, 5.74) is 1.62. The van der Waals surface area contributed by atoms with E-state index in [0.717, 1.165) is 17.0 Å². The van der Waals surface area contributed by atoms with Crippen LogP contribution >= 0.6 is 0 Å². The number of hydrogen-bond donors (Lipinski definition) is 2. The normalized spacial score (nSPS) is 14.4. The Morgan fingerprint density at radius 1 is 1.22 bits per heavy atom. The first kappa shape index (κ1) is 13.9. The molecule has 3 aromatic heterocycles. The zero-order chi connectivity index (χ0) is 15.8. The SMILES string of the molecule is CC(C)n1cnc2c(NC3CC3)nc(Nc3ccncn3)nc21. The zero-order valence-corrected chi connectivity index (χ0v) is 13.1. The van der Waals surface area contributed by atoms with Crippen LogP contribution in [0.25, 0.3) is 11.2 Å². The summed E-state index contributed by atoms with van der Waals surface area (Å²) in [7, 11) is 0. The van der Waals surface area contributed by atoms with Gasteiger partial charge in [0.05, 0.1) is 6.33 Å². The standard InChI is InChI=1S/C15H18N8/c1-9(2)23-8-18-12-13(19-10-3-4-10)21-15(22-14(12)23)20-11-5-6-16-7-17-11/h5-10H,3-4H2,1-2H3,(H2,16,17,19,20,21,22). The van der Waals surface area contributed by atoms with Crippen molar-refractivity contribution in [2.75, 3.05) is 10.6 Å². The topological polar surface area (TPSA) is 93.4 Å². The number of imidazole rings is 1. The van der Waals surface area contributed by atoms with Crippen molar-refractivity contribution in [3.63, 3.8) is 0 Å². The van der Waals surface area contributed by atoms with Gasteiger partial charge in [-0.15, -0.1) is 0 Å². The molecule has 1 fully saturated rings. The Morgan fingerprint density at radius 2 is 2.09 bits per heavy atom. The van der Waals surface area contributed by atoms with Gasteiger partial charge in [0.1, 0.15) is 12.1 Å². The van der Waals surface area contributed by atoms with Crippen LogP contribution in [0, 0.1) is 0 Å². The first-order valence-electron chi connectivity index (χ1n) is 7.75. The first-order chi connectivity index (χ1) is 11.2. The van der Waals surface area contributed by atoms with Crippen molar-refractivity contribution >= 4 is 28.7 Å². The molecule has 1 aliphatic rings. The molecular formula is C15H18N8. The van der Waals surface area contributed by atoms with Crippen molar-refractivity contribution in [3.8, 4) is 0 Å². The maximum absolute atomic E-state index is 4.62. The summed E-state index contributed by atoms with van der Waals surface area (Å²) >= 11 is 0. The number of rotatable bonds is 5. The molecule has 0 aromatic carbocycles. The van der Waals surface area contributed by atoms with E-state index in [1.807, 2.05) is 10.9 Å². The van der Waals surface area contributed by atoms with Crippen LogP contribution in [0.3, 0.4) is 0 Å². The van der Waals surface area contributed by atoms with Crippen LogP contribution in [0.5, 0.6) is 0 Å². The summed E-state index contributed by atoms with van der Waals surface area (Å²) in [4.78, 5) is 21.8. The van der Waals surface area contributed by atoms with E-state index in [1.54, 1.807) is 12.3 Å². The molecule has 0 radical (unpaired) electrons.